The van der Waals surface area contributed by atoms with Gasteiger partial charge in [-0.3, -0.25) is 24.0 Å². The molecule has 0 aliphatic carbocycles. The highest BCUT2D eigenvalue weighted by Crippen LogP contribution is 2.02. The van der Waals surface area contributed by atoms with Crippen LogP contribution in [0.3, 0.4) is 0 Å². The first-order chi connectivity index (χ1) is 14.8. The molecule has 0 spiro atoms. The zero-order valence-corrected chi connectivity index (χ0v) is 17.3. The minimum Gasteiger partial charge on any atom is -0.481 e. The molecule has 0 heterocycles. The lowest BCUT2D eigenvalue weighted by Crippen LogP contribution is -2.60. The molecule has 182 valence electrons. The van der Waals surface area contributed by atoms with Gasteiger partial charge in [0.15, 0.2) is 0 Å². The van der Waals surface area contributed by atoms with E-state index < -0.39 is 78.9 Å². The molecule has 4 amide bonds. The summed E-state index contributed by atoms with van der Waals surface area (Å²) in [6.07, 6.45) is -2.83. The van der Waals surface area contributed by atoms with Crippen LogP contribution in [0.15, 0.2) is 0 Å². The summed E-state index contributed by atoms with van der Waals surface area (Å²) in [5.41, 5.74) is 10.5. The molecule has 0 aliphatic heterocycles. The van der Waals surface area contributed by atoms with Crippen LogP contribution in [0.1, 0.15) is 32.6 Å². The molecule has 15 heteroatoms. The Morgan fingerprint density at radius 3 is 1.84 bits per heavy atom. The number of aliphatic carboxylic acids is 2. The van der Waals surface area contributed by atoms with Crippen LogP contribution in [0, 0.1) is 0 Å². The molecule has 0 aromatic rings. The second-order valence-electron chi connectivity index (χ2n) is 6.91. The van der Waals surface area contributed by atoms with Gasteiger partial charge in [-0.1, -0.05) is 0 Å². The van der Waals surface area contributed by atoms with E-state index in [1.54, 1.807) is 0 Å². The first-order valence-electron chi connectivity index (χ1n) is 9.48. The maximum atomic E-state index is 12.4. The molecule has 0 rings (SSSR count). The standard InChI is InChI=1S/C17H29N5O10/c1-7(24)13(16(30)20-9(17(31)32)3-4-11(19)25)22-15(29)10(6-23)21-14(28)8(18)2-5-12(26)27/h7-10,13,23-24H,2-6,18H2,1H3,(H2,19,25)(H,20,30)(H,21,28)(H,22,29)(H,26,27)(H,31,32). The van der Waals surface area contributed by atoms with Gasteiger partial charge >= 0.3 is 11.9 Å². The van der Waals surface area contributed by atoms with Gasteiger partial charge in [-0.2, -0.15) is 0 Å². The third kappa shape index (κ3) is 10.6. The number of carboxylic acids is 2. The number of aliphatic hydroxyl groups is 2. The van der Waals surface area contributed by atoms with Crippen LogP contribution < -0.4 is 27.4 Å². The maximum absolute atomic E-state index is 12.4. The van der Waals surface area contributed by atoms with E-state index in [1.165, 1.54) is 0 Å². The SMILES string of the molecule is CC(O)C(NC(=O)C(CO)NC(=O)C(N)CCC(=O)O)C(=O)NC(CCC(N)=O)C(=O)O. The van der Waals surface area contributed by atoms with Crippen molar-refractivity contribution >= 4 is 35.6 Å². The molecule has 0 saturated carbocycles. The van der Waals surface area contributed by atoms with Crippen molar-refractivity contribution < 1.29 is 49.2 Å². The zero-order valence-electron chi connectivity index (χ0n) is 17.3. The Morgan fingerprint density at radius 1 is 0.844 bits per heavy atom. The van der Waals surface area contributed by atoms with Crippen LogP contribution in [0.25, 0.3) is 0 Å². The summed E-state index contributed by atoms with van der Waals surface area (Å²) >= 11 is 0. The predicted molar refractivity (Wildman–Crippen MR) is 105 cm³/mol. The van der Waals surface area contributed by atoms with Crippen molar-refractivity contribution in [3.8, 4) is 0 Å². The lowest BCUT2D eigenvalue weighted by Gasteiger charge is -2.25. The molecule has 5 unspecified atom stereocenters. The van der Waals surface area contributed by atoms with Crippen molar-refractivity contribution in [2.45, 2.75) is 62.9 Å². The molecular formula is C17H29N5O10. The molecule has 0 bridgehead atoms. The Hall–Kier alpha value is -3.30. The lowest BCUT2D eigenvalue weighted by atomic mass is 10.1. The summed E-state index contributed by atoms with van der Waals surface area (Å²) in [4.78, 5) is 69.4. The molecule has 0 aromatic heterocycles. The molecule has 0 aromatic carbocycles. The molecule has 5 atom stereocenters. The van der Waals surface area contributed by atoms with E-state index in [1.807, 2.05) is 0 Å². The number of aliphatic hydroxyl groups excluding tert-OH is 2. The fourth-order valence-corrected chi connectivity index (χ4v) is 2.35. The Bertz CT molecular complexity index is 714. The number of amides is 4. The van der Waals surface area contributed by atoms with Gasteiger partial charge < -0.3 is 47.8 Å². The molecule has 0 fully saturated rings. The molecule has 32 heavy (non-hydrogen) atoms. The summed E-state index contributed by atoms with van der Waals surface area (Å²) in [6.45, 7) is 0.200. The topological polar surface area (TPSA) is 271 Å². The number of carboxylic acid groups (broad SMARTS) is 2. The van der Waals surface area contributed by atoms with E-state index in [4.69, 9.17) is 21.7 Å². The van der Waals surface area contributed by atoms with Gasteiger partial charge in [0, 0.05) is 12.8 Å². The van der Waals surface area contributed by atoms with Crippen molar-refractivity contribution in [3.05, 3.63) is 0 Å². The van der Waals surface area contributed by atoms with Crippen molar-refractivity contribution in [2.24, 2.45) is 11.5 Å². The van der Waals surface area contributed by atoms with Crippen molar-refractivity contribution in [2.75, 3.05) is 6.61 Å². The number of carbonyl (C=O) groups excluding carboxylic acids is 4. The molecule has 0 radical (unpaired) electrons. The largest absolute Gasteiger partial charge is 0.481 e. The second-order valence-corrected chi connectivity index (χ2v) is 6.91. The van der Waals surface area contributed by atoms with Crippen LogP contribution in [0.2, 0.25) is 0 Å². The average molecular weight is 463 g/mol. The van der Waals surface area contributed by atoms with Crippen molar-refractivity contribution in [1.29, 1.82) is 0 Å². The van der Waals surface area contributed by atoms with Gasteiger partial charge in [0.2, 0.25) is 23.6 Å². The average Bonchev–Trinajstić information content (AvgIpc) is 2.69. The van der Waals surface area contributed by atoms with E-state index in [-0.39, 0.29) is 19.3 Å². The number of hydrogen-bond acceptors (Lipinski definition) is 9. The number of hydrogen-bond donors (Lipinski definition) is 9. The monoisotopic (exact) mass is 463 g/mol. The quantitative estimate of drug-likeness (QED) is 0.111. The first kappa shape index (κ1) is 28.7. The van der Waals surface area contributed by atoms with E-state index in [2.05, 4.69) is 16.0 Å². The van der Waals surface area contributed by atoms with Gasteiger partial charge in [-0.05, 0) is 19.8 Å². The summed E-state index contributed by atoms with van der Waals surface area (Å²) in [6, 6.07) is -6.10. The van der Waals surface area contributed by atoms with Crippen LogP contribution in [-0.4, -0.2) is 92.9 Å². The van der Waals surface area contributed by atoms with Gasteiger partial charge in [0.05, 0.1) is 18.8 Å². The number of primary amides is 1. The van der Waals surface area contributed by atoms with Crippen molar-refractivity contribution in [3.63, 3.8) is 0 Å². The zero-order chi connectivity index (χ0) is 25.0. The van der Waals surface area contributed by atoms with Crippen LogP contribution in [0.4, 0.5) is 0 Å². The first-order valence-corrected chi connectivity index (χ1v) is 9.48. The highest BCUT2D eigenvalue weighted by Gasteiger charge is 2.32. The lowest BCUT2D eigenvalue weighted by molar-refractivity contribution is -0.143. The summed E-state index contributed by atoms with van der Waals surface area (Å²) in [5.74, 6) is -6.61. The molecule has 0 aliphatic rings. The molecule has 0 saturated heterocycles. The van der Waals surface area contributed by atoms with E-state index in [9.17, 15) is 39.0 Å². The molecule has 15 nitrogen and oxygen atoms in total. The minimum atomic E-state index is -1.68. The minimum absolute atomic E-state index is 0.235. The van der Waals surface area contributed by atoms with Crippen LogP contribution in [-0.2, 0) is 28.8 Å². The Morgan fingerprint density at radius 2 is 1.41 bits per heavy atom. The molecule has 11 N–H and O–H groups in total. The third-order valence-corrected chi connectivity index (χ3v) is 4.18. The van der Waals surface area contributed by atoms with Gasteiger partial charge in [0.25, 0.3) is 0 Å². The number of nitrogens with two attached hydrogens (primary N) is 2. The van der Waals surface area contributed by atoms with Gasteiger partial charge in [-0.15, -0.1) is 0 Å². The van der Waals surface area contributed by atoms with Gasteiger partial charge in [-0.25, -0.2) is 4.79 Å². The third-order valence-electron chi connectivity index (χ3n) is 4.18. The normalized spacial score (nSPS) is 15.4. The highest BCUT2D eigenvalue weighted by molar-refractivity contribution is 5.94. The van der Waals surface area contributed by atoms with Crippen molar-refractivity contribution in [1.82, 2.24) is 16.0 Å². The highest BCUT2D eigenvalue weighted by atomic mass is 16.4. The van der Waals surface area contributed by atoms with Gasteiger partial charge in [0.1, 0.15) is 18.1 Å². The van der Waals surface area contributed by atoms with E-state index in [0.717, 1.165) is 6.92 Å². The van der Waals surface area contributed by atoms with Crippen LogP contribution >= 0.6 is 0 Å². The summed E-state index contributed by atoms with van der Waals surface area (Å²) < 4.78 is 0. The Labute approximate surface area is 182 Å². The van der Waals surface area contributed by atoms with E-state index >= 15 is 0 Å². The number of rotatable bonds is 15. The Kier molecular flexibility index (Phi) is 12.5. The van der Waals surface area contributed by atoms with Crippen LogP contribution in [0.5, 0.6) is 0 Å². The predicted octanol–water partition coefficient (Wildman–Crippen LogP) is -4.64. The second kappa shape index (κ2) is 13.9. The fourth-order valence-electron chi connectivity index (χ4n) is 2.35. The maximum Gasteiger partial charge on any atom is 0.326 e. The summed E-state index contributed by atoms with van der Waals surface area (Å²) in [7, 11) is 0. The number of carbonyl (C=O) groups is 6. The summed E-state index contributed by atoms with van der Waals surface area (Å²) in [5, 5.41) is 43.2. The Balaban J connectivity index is 5.15. The smallest absolute Gasteiger partial charge is 0.326 e. The van der Waals surface area contributed by atoms with E-state index in [0.29, 0.717) is 0 Å². The fraction of sp³-hybridized carbons (Fsp3) is 0.647. The number of nitrogens with one attached hydrogen (secondary N) is 3. The molecular weight excluding hydrogens is 434 g/mol.